The maximum absolute atomic E-state index is 12.4. The SMILES string of the molecule is C#CCNC(=O)CCC(=O)NCCCCC(NC(=O)OCC1c2ccccc2-c2ccccc21)C(=O)O. The van der Waals surface area contributed by atoms with E-state index >= 15 is 0 Å². The number of hydrogen-bond acceptors (Lipinski definition) is 5. The molecule has 1 aliphatic rings. The molecule has 0 fully saturated rings. The summed E-state index contributed by atoms with van der Waals surface area (Å²) in [7, 11) is 0. The molecule has 0 bridgehead atoms. The van der Waals surface area contributed by atoms with Crippen LogP contribution in [0.2, 0.25) is 0 Å². The van der Waals surface area contributed by atoms with Crippen LogP contribution in [0.1, 0.15) is 49.1 Å². The van der Waals surface area contributed by atoms with Crippen LogP contribution in [0.25, 0.3) is 11.1 Å². The first-order valence-corrected chi connectivity index (χ1v) is 12.2. The highest BCUT2D eigenvalue weighted by atomic mass is 16.5. The van der Waals surface area contributed by atoms with Gasteiger partial charge in [-0.15, -0.1) is 6.42 Å². The van der Waals surface area contributed by atoms with Gasteiger partial charge in [-0.3, -0.25) is 9.59 Å². The minimum Gasteiger partial charge on any atom is -0.480 e. The molecule has 1 atom stereocenters. The van der Waals surface area contributed by atoms with E-state index in [0.717, 1.165) is 22.3 Å². The zero-order valence-corrected chi connectivity index (χ0v) is 20.5. The number of aliphatic carboxylic acids is 1. The van der Waals surface area contributed by atoms with Gasteiger partial charge in [0.2, 0.25) is 11.8 Å². The van der Waals surface area contributed by atoms with Crippen molar-refractivity contribution in [1.29, 1.82) is 0 Å². The average molecular weight is 506 g/mol. The van der Waals surface area contributed by atoms with E-state index in [1.54, 1.807) is 0 Å². The first-order valence-electron chi connectivity index (χ1n) is 12.2. The fraction of sp³-hybridized carbons (Fsp3) is 0.357. The molecule has 194 valence electrons. The monoisotopic (exact) mass is 505 g/mol. The molecular weight excluding hydrogens is 474 g/mol. The molecule has 9 heteroatoms. The maximum atomic E-state index is 12.4. The zero-order chi connectivity index (χ0) is 26.6. The summed E-state index contributed by atoms with van der Waals surface area (Å²) in [4.78, 5) is 47.3. The van der Waals surface area contributed by atoms with Gasteiger partial charge in [-0.2, -0.15) is 0 Å². The lowest BCUT2D eigenvalue weighted by atomic mass is 9.98. The predicted molar refractivity (Wildman–Crippen MR) is 138 cm³/mol. The largest absolute Gasteiger partial charge is 0.480 e. The fourth-order valence-corrected chi connectivity index (χ4v) is 4.29. The number of nitrogens with one attached hydrogen (secondary N) is 3. The van der Waals surface area contributed by atoms with Gasteiger partial charge in [0.05, 0.1) is 6.54 Å². The van der Waals surface area contributed by atoms with Gasteiger partial charge in [0, 0.05) is 25.3 Å². The highest BCUT2D eigenvalue weighted by Gasteiger charge is 2.29. The molecule has 0 radical (unpaired) electrons. The number of rotatable bonds is 13. The number of alkyl carbamates (subject to hydrolysis) is 1. The lowest BCUT2D eigenvalue weighted by molar-refractivity contribution is -0.139. The van der Waals surface area contributed by atoms with Gasteiger partial charge in [0.1, 0.15) is 12.6 Å². The summed E-state index contributed by atoms with van der Waals surface area (Å²) < 4.78 is 5.44. The van der Waals surface area contributed by atoms with Gasteiger partial charge in [-0.1, -0.05) is 54.5 Å². The van der Waals surface area contributed by atoms with Crippen LogP contribution in [0.4, 0.5) is 4.79 Å². The van der Waals surface area contributed by atoms with Crippen LogP contribution in [0.3, 0.4) is 0 Å². The van der Waals surface area contributed by atoms with Crippen LogP contribution in [-0.4, -0.2) is 54.7 Å². The van der Waals surface area contributed by atoms with Gasteiger partial charge < -0.3 is 25.8 Å². The molecule has 0 saturated heterocycles. The molecule has 37 heavy (non-hydrogen) atoms. The van der Waals surface area contributed by atoms with Gasteiger partial charge in [-0.05, 0) is 41.5 Å². The fourth-order valence-electron chi connectivity index (χ4n) is 4.29. The van der Waals surface area contributed by atoms with Gasteiger partial charge in [0.15, 0.2) is 0 Å². The molecule has 0 aliphatic heterocycles. The Bertz CT molecular complexity index is 1130. The molecule has 0 spiro atoms. The Labute approximate surface area is 216 Å². The second kappa shape index (κ2) is 13.7. The van der Waals surface area contributed by atoms with E-state index in [9.17, 15) is 24.3 Å². The normalized spacial score (nSPS) is 12.4. The third-order valence-electron chi connectivity index (χ3n) is 6.14. The van der Waals surface area contributed by atoms with E-state index in [-0.39, 0.29) is 50.1 Å². The average Bonchev–Trinajstić information content (AvgIpc) is 3.22. The Morgan fingerprint density at radius 1 is 0.919 bits per heavy atom. The smallest absolute Gasteiger partial charge is 0.407 e. The third-order valence-corrected chi connectivity index (χ3v) is 6.14. The molecule has 0 aromatic heterocycles. The Hall–Kier alpha value is -4.32. The Morgan fingerprint density at radius 3 is 2.11 bits per heavy atom. The molecule has 1 unspecified atom stereocenters. The second-order valence-corrected chi connectivity index (χ2v) is 8.69. The lowest BCUT2D eigenvalue weighted by Crippen LogP contribution is -2.41. The quantitative estimate of drug-likeness (QED) is 0.244. The summed E-state index contributed by atoms with van der Waals surface area (Å²) in [6, 6.07) is 14.8. The molecule has 3 amide bonds. The Balaban J connectivity index is 1.39. The van der Waals surface area contributed by atoms with Crippen molar-refractivity contribution >= 4 is 23.9 Å². The first-order chi connectivity index (χ1) is 17.9. The van der Waals surface area contributed by atoms with E-state index in [2.05, 4.69) is 21.9 Å². The summed E-state index contributed by atoms with van der Waals surface area (Å²) in [5.74, 6) is 0.438. The number of ether oxygens (including phenoxy) is 1. The summed E-state index contributed by atoms with van der Waals surface area (Å²) in [6.45, 7) is 0.552. The van der Waals surface area contributed by atoms with Gasteiger partial charge in [0.25, 0.3) is 0 Å². The van der Waals surface area contributed by atoms with Crippen LogP contribution >= 0.6 is 0 Å². The van der Waals surface area contributed by atoms with Crippen molar-refractivity contribution < 1.29 is 29.0 Å². The van der Waals surface area contributed by atoms with Crippen LogP contribution in [0.15, 0.2) is 48.5 Å². The molecule has 2 aromatic carbocycles. The summed E-state index contributed by atoms with van der Waals surface area (Å²) >= 11 is 0. The third kappa shape index (κ3) is 7.84. The van der Waals surface area contributed by atoms with Crippen molar-refractivity contribution in [2.45, 2.75) is 44.1 Å². The predicted octanol–water partition coefficient (Wildman–Crippen LogP) is 2.79. The maximum Gasteiger partial charge on any atom is 0.407 e. The first kappa shape index (κ1) is 27.3. The van der Waals surface area contributed by atoms with Crippen molar-refractivity contribution in [3.63, 3.8) is 0 Å². The molecule has 9 nitrogen and oxygen atoms in total. The Morgan fingerprint density at radius 2 is 1.51 bits per heavy atom. The number of carboxylic acid groups (broad SMARTS) is 1. The van der Waals surface area contributed by atoms with Crippen molar-refractivity contribution in [3.05, 3.63) is 59.7 Å². The molecule has 4 N–H and O–H groups in total. The topological polar surface area (TPSA) is 134 Å². The molecule has 0 saturated carbocycles. The highest BCUT2D eigenvalue weighted by Crippen LogP contribution is 2.44. The Kier molecular flexibility index (Phi) is 10.1. The molecule has 0 heterocycles. The number of fused-ring (bicyclic) bond motifs is 3. The number of unbranched alkanes of at least 4 members (excludes halogenated alkanes) is 1. The van der Waals surface area contributed by atoms with Crippen LogP contribution in [0.5, 0.6) is 0 Å². The number of amides is 3. The number of hydrogen-bond donors (Lipinski definition) is 4. The zero-order valence-electron chi connectivity index (χ0n) is 20.5. The van der Waals surface area contributed by atoms with Crippen LogP contribution in [-0.2, 0) is 19.1 Å². The minimum atomic E-state index is -1.16. The standard InChI is InChI=1S/C28H31N3O6/c1-2-16-29-25(32)14-15-26(33)30-17-8-7-13-24(27(34)35)31-28(36)37-18-23-21-11-5-3-9-19(21)20-10-4-6-12-22(20)23/h1,3-6,9-12,23-24H,7-8,13-18H2,(H,29,32)(H,30,33)(H,31,36)(H,34,35). The van der Waals surface area contributed by atoms with Crippen LogP contribution in [0, 0.1) is 12.3 Å². The van der Waals surface area contributed by atoms with E-state index in [0.29, 0.717) is 19.4 Å². The molecule has 3 rings (SSSR count). The van der Waals surface area contributed by atoms with E-state index < -0.39 is 18.1 Å². The number of carbonyl (C=O) groups is 4. The summed E-state index contributed by atoms with van der Waals surface area (Å²) in [6.07, 6.45) is 5.51. The lowest BCUT2D eigenvalue weighted by Gasteiger charge is -2.17. The highest BCUT2D eigenvalue weighted by molar-refractivity contribution is 5.84. The number of carbonyl (C=O) groups excluding carboxylic acids is 3. The summed E-state index contributed by atoms with van der Waals surface area (Å²) in [5.41, 5.74) is 4.35. The van der Waals surface area contributed by atoms with Gasteiger partial charge >= 0.3 is 12.1 Å². The number of carboxylic acids is 1. The van der Waals surface area contributed by atoms with Gasteiger partial charge in [-0.25, -0.2) is 9.59 Å². The van der Waals surface area contributed by atoms with E-state index in [1.807, 2.05) is 48.5 Å². The minimum absolute atomic E-state index is 0.0392. The van der Waals surface area contributed by atoms with Crippen molar-refractivity contribution in [3.8, 4) is 23.5 Å². The van der Waals surface area contributed by atoms with Crippen molar-refractivity contribution in [2.75, 3.05) is 19.7 Å². The van der Waals surface area contributed by atoms with E-state index in [1.165, 1.54) is 0 Å². The van der Waals surface area contributed by atoms with Crippen LogP contribution < -0.4 is 16.0 Å². The van der Waals surface area contributed by atoms with Crippen molar-refractivity contribution in [1.82, 2.24) is 16.0 Å². The number of benzene rings is 2. The number of terminal acetylenes is 1. The molecular formula is C28H31N3O6. The summed E-state index contributed by atoms with van der Waals surface area (Å²) in [5, 5.41) is 17.1. The molecule has 2 aromatic rings. The van der Waals surface area contributed by atoms with E-state index in [4.69, 9.17) is 11.2 Å². The second-order valence-electron chi connectivity index (χ2n) is 8.69. The van der Waals surface area contributed by atoms with Crippen molar-refractivity contribution in [2.24, 2.45) is 0 Å². The molecule has 1 aliphatic carbocycles.